The van der Waals surface area contributed by atoms with Crippen molar-refractivity contribution in [3.8, 4) is 11.8 Å². The van der Waals surface area contributed by atoms with Crippen molar-refractivity contribution in [2.24, 2.45) is 0 Å². The third-order valence-corrected chi connectivity index (χ3v) is 6.15. The van der Waals surface area contributed by atoms with Crippen molar-refractivity contribution in [2.75, 3.05) is 26.3 Å². The Balaban J connectivity index is 2.39. The Hall–Kier alpha value is -4.80. The predicted molar refractivity (Wildman–Crippen MR) is 158 cm³/mol. The molecule has 230 valence electrons. The molecule has 0 aliphatic heterocycles. The van der Waals surface area contributed by atoms with Crippen LogP contribution in [0.15, 0.2) is 42.5 Å². The van der Waals surface area contributed by atoms with E-state index in [1.165, 1.54) is 42.5 Å². The summed E-state index contributed by atoms with van der Waals surface area (Å²) in [5.74, 6) is 2.94. The molecule has 2 aromatic rings. The van der Waals surface area contributed by atoms with Gasteiger partial charge < -0.3 is 31.5 Å². The van der Waals surface area contributed by atoms with Gasteiger partial charge in [-0.2, -0.15) is 0 Å². The maximum absolute atomic E-state index is 13.1. The highest BCUT2D eigenvalue weighted by atomic mass is 16.6. The summed E-state index contributed by atoms with van der Waals surface area (Å²) in [4.78, 5) is 61.5. The summed E-state index contributed by atoms with van der Waals surface area (Å²) in [6, 6.07) is 6.94. The summed E-state index contributed by atoms with van der Waals surface area (Å²) in [7, 11) is 0. The summed E-state index contributed by atoms with van der Waals surface area (Å²) in [6.07, 6.45) is 3.12. The second kappa shape index (κ2) is 17.9. The van der Waals surface area contributed by atoms with E-state index in [1.54, 1.807) is 0 Å². The number of aliphatic hydroxyl groups excluding tert-OH is 2. The summed E-state index contributed by atoms with van der Waals surface area (Å²) in [6.45, 7) is 3.31. The van der Waals surface area contributed by atoms with Crippen LogP contribution in [0.5, 0.6) is 0 Å². The van der Waals surface area contributed by atoms with E-state index in [0.717, 1.165) is 25.7 Å². The number of carbonyl (C=O) groups excluding carboxylic acids is 4. The Bertz CT molecular complexity index is 1290. The molecule has 0 spiro atoms. The minimum absolute atomic E-state index is 0.0617. The normalized spacial score (nSPS) is 11.7. The van der Waals surface area contributed by atoms with Crippen LogP contribution < -0.4 is 21.3 Å². The number of aliphatic hydroxyl groups is 2. The Morgan fingerprint density at radius 1 is 0.767 bits per heavy atom. The van der Waals surface area contributed by atoms with Crippen molar-refractivity contribution >= 4 is 29.3 Å². The van der Waals surface area contributed by atoms with E-state index in [4.69, 9.17) is 0 Å². The number of hydrogen-bond donors (Lipinski definition) is 6. The highest BCUT2D eigenvalue weighted by Crippen LogP contribution is 2.14. The van der Waals surface area contributed by atoms with Gasteiger partial charge in [0.2, 0.25) is 11.8 Å². The van der Waals surface area contributed by atoms with Gasteiger partial charge in [0, 0.05) is 47.5 Å². The van der Waals surface area contributed by atoms with Gasteiger partial charge in [-0.3, -0.25) is 29.3 Å². The predicted octanol–water partition coefficient (Wildman–Crippen LogP) is 1.01. The van der Waals surface area contributed by atoms with Crippen molar-refractivity contribution in [3.63, 3.8) is 0 Å². The second-order valence-electron chi connectivity index (χ2n) is 9.56. The molecule has 2 rings (SSSR count). The molecule has 0 unspecified atom stereocenters. The lowest BCUT2D eigenvalue weighted by Gasteiger charge is -2.18. The molecule has 13 heteroatoms. The number of unbranched alkanes of at least 4 members (excludes halogenated alkanes) is 2. The zero-order chi connectivity index (χ0) is 31.8. The van der Waals surface area contributed by atoms with Crippen LogP contribution in [-0.4, -0.2) is 77.2 Å². The van der Waals surface area contributed by atoms with Gasteiger partial charge in [0.15, 0.2) is 0 Å². The molecule has 2 aromatic carbocycles. The van der Waals surface area contributed by atoms with E-state index in [1.807, 2.05) is 13.8 Å². The molecular formula is C30H37N5O8. The highest BCUT2D eigenvalue weighted by Gasteiger charge is 2.23. The van der Waals surface area contributed by atoms with Crippen LogP contribution in [-0.2, 0) is 9.59 Å². The number of nitrogens with zero attached hydrogens (tertiary/aromatic N) is 1. The molecule has 0 aromatic heterocycles. The molecule has 0 bridgehead atoms. The lowest BCUT2D eigenvalue weighted by molar-refractivity contribution is -0.384. The molecule has 6 N–H and O–H groups in total. The molecule has 0 saturated heterocycles. The van der Waals surface area contributed by atoms with E-state index >= 15 is 0 Å². The SMILES string of the molecule is CCCCNC(=O)[C@H](CO)NC(=O)c1cc(C#Cc2ccc([N+](=O)[O-])cc2)cc(C(=O)N[C@@H](CO)C(=O)NCCCC)c1. The summed E-state index contributed by atoms with van der Waals surface area (Å²) in [5, 5.41) is 40.5. The largest absolute Gasteiger partial charge is 0.394 e. The number of hydrogen-bond acceptors (Lipinski definition) is 8. The first-order valence-corrected chi connectivity index (χ1v) is 13.9. The van der Waals surface area contributed by atoms with Crippen LogP contribution >= 0.6 is 0 Å². The number of nitro benzene ring substituents is 1. The number of nitro groups is 1. The van der Waals surface area contributed by atoms with E-state index in [2.05, 4.69) is 33.1 Å². The molecule has 0 aliphatic carbocycles. The quantitative estimate of drug-likeness (QED) is 0.0758. The highest BCUT2D eigenvalue weighted by molar-refractivity contribution is 6.02. The van der Waals surface area contributed by atoms with Gasteiger partial charge >= 0.3 is 0 Å². The van der Waals surface area contributed by atoms with Crippen LogP contribution in [0.1, 0.15) is 71.4 Å². The fraction of sp³-hybridized carbons (Fsp3) is 0.400. The molecule has 0 fully saturated rings. The first-order chi connectivity index (χ1) is 20.6. The van der Waals surface area contributed by atoms with Crippen molar-refractivity contribution in [1.82, 2.24) is 21.3 Å². The molecule has 0 aliphatic rings. The number of rotatable bonds is 15. The van der Waals surface area contributed by atoms with Crippen LogP contribution in [0.2, 0.25) is 0 Å². The van der Waals surface area contributed by atoms with Gasteiger partial charge in [-0.25, -0.2) is 0 Å². The monoisotopic (exact) mass is 595 g/mol. The Labute approximate surface area is 249 Å². The number of non-ortho nitro benzene ring substituents is 1. The maximum Gasteiger partial charge on any atom is 0.269 e. The fourth-order valence-electron chi connectivity index (χ4n) is 3.67. The Morgan fingerprint density at radius 3 is 1.60 bits per heavy atom. The number of benzene rings is 2. The van der Waals surface area contributed by atoms with Crippen LogP contribution in [0.4, 0.5) is 5.69 Å². The van der Waals surface area contributed by atoms with Gasteiger partial charge in [0.25, 0.3) is 17.5 Å². The zero-order valence-corrected chi connectivity index (χ0v) is 24.1. The molecule has 0 heterocycles. The van der Waals surface area contributed by atoms with Crippen LogP contribution in [0.3, 0.4) is 0 Å². The molecule has 4 amide bonds. The third-order valence-electron chi connectivity index (χ3n) is 6.15. The van der Waals surface area contributed by atoms with Crippen LogP contribution in [0, 0.1) is 22.0 Å². The number of carbonyl (C=O) groups is 4. The van der Waals surface area contributed by atoms with Crippen molar-refractivity contribution in [2.45, 2.75) is 51.6 Å². The molecule has 0 saturated carbocycles. The van der Waals surface area contributed by atoms with E-state index in [9.17, 15) is 39.5 Å². The molecule has 13 nitrogen and oxygen atoms in total. The van der Waals surface area contributed by atoms with Gasteiger partial charge in [0.05, 0.1) is 18.1 Å². The number of amides is 4. The second-order valence-corrected chi connectivity index (χ2v) is 9.56. The lowest BCUT2D eigenvalue weighted by Crippen LogP contribution is -2.49. The smallest absolute Gasteiger partial charge is 0.269 e. The van der Waals surface area contributed by atoms with E-state index in [-0.39, 0.29) is 22.4 Å². The average Bonchev–Trinajstić information content (AvgIpc) is 3.01. The van der Waals surface area contributed by atoms with E-state index in [0.29, 0.717) is 18.7 Å². The first-order valence-electron chi connectivity index (χ1n) is 13.9. The minimum Gasteiger partial charge on any atom is -0.394 e. The Morgan fingerprint density at radius 2 is 1.21 bits per heavy atom. The molecule has 2 atom stereocenters. The third kappa shape index (κ3) is 11.2. The van der Waals surface area contributed by atoms with Crippen molar-refractivity contribution in [1.29, 1.82) is 0 Å². The molecule has 43 heavy (non-hydrogen) atoms. The van der Waals surface area contributed by atoms with Gasteiger partial charge in [0.1, 0.15) is 12.1 Å². The van der Waals surface area contributed by atoms with Crippen LogP contribution in [0.25, 0.3) is 0 Å². The van der Waals surface area contributed by atoms with Crippen molar-refractivity contribution in [3.05, 3.63) is 74.8 Å². The minimum atomic E-state index is -1.25. The zero-order valence-electron chi connectivity index (χ0n) is 24.1. The summed E-state index contributed by atoms with van der Waals surface area (Å²) < 4.78 is 0. The molecular weight excluding hydrogens is 558 g/mol. The maximum atomic E-state index is 13.1. The van der Waals surface area contributed by atoms with E-state index < -0.39 is 53.8 Å². The van der Waals surface area contributed by atoms with Crippen molar-refractivity contribution < 1.29 is 34.3 Å². The fourth-order valence-corrected chi connectivity index (χ4v) is 3.67. The lowest BCUT2D eigenvalue weighted by atomic mass is 10.0. The first kappa shape index (κ1) is 34.4. The molecule has 0 radical (unpaired) electrons. The standard InChI is InChI=1S/C30H37N5O8/c1-3-5-13-31-29(40)25(18-36)33-27(38)22-15-21(8-7-20-9-11-24(12-10-20)35(42)43)16-23(17-22)28(39)34-26(19-37)30(41)32-14-6-4-2/h9-12,15-17,25-26,36-37H,3-6,13-14,18-19H2,1-2H3,(H,31,40)(H,32,41)(H,33,38)(H,34,39)/t25-,26-/m0/s1. The van der Waals surface area contributed by atoms with Gasteiger partial charge in [-0.1, -0.05) is 38.5 Å². The summed E-state index contributed by atoms with van der Waals surface area (Å²) >= 11 is 0. The van der Waals surface area contributed by atoms with Gasteiger partial charge in [-0.05, 0) is 43.2 Å². The number of nitrogens with one attached hydrogen (secondary N) is 4. The van der Waals surface area contributed by atoms with Gasteiger partial charge in [-0.15, -0.1) is 0 Å². The topological polar surface area (TPSA) is 200 Å². The Kier molecular flexibility index (Phi) is 14.3. The average molecular weight is 596 g/mol. The summed E-state index contributed by atoms with van der Waals surface area (Å²) in [5.41, 5.74) is 0.399.